The molecule has 0 saturated heterocycles. The molecule has 2 nitrogen and oxygen atoms in total. The fourth-order valence-corrected chi connectivity index (χ4v) is 1.17. The van der Waals surface area contributed by atoms with Gasteiger partial charge in [-0.25, -0.2) is 0 Å². The zero-order valence-electron chi connectivity index (χ0n) is 6.70. The number of nitrogens with one attached hydrogen (secondary N) is 1. The molecular weight excluding hydrogens is 156 g/mol. The first kappa shape index (κ1) is 8.40. The quantitative estimate of drug-likeness (QED) is 0.661. The van der Waals surface area contributed by atoms with Crippen molar-refractivity contribution in [1.29, 1.82) is 0 Å². The van der Waals surface area contributed by atoms with Crippen LogP contribution in [0.1, 0.15) is 17.9 Å². The second kappa shape index (κ2) is 3.62. The maximum Gasteiger partial charge on any atom is 0.0758 e. The van der Waals surface area contributed by atoms with Crippen molar-refractivity contribution >= 4 is 18.3 Å². The Labute approximate surface area is 72.5 Å². The predicted octanol–water partition coefficient (Wildman–Crippen LogP) is 2.11. The van der Waals surface area contributed by atoms with Gasteiger partial charge in [0.1, 0.15) is 0 Å². The van der Waals surface area contributed by atoms with Crippen molar-refractivity contribution < 1.29 is 0 Å². The first-order valence-electron chi connectivity index (χ1n) is 3.56. The number of aromatic nitrogens is 1. The first-order chi connectivity index (χ1) is 5.25. The van der Waals surface area contributed by atoms with Gasteiger partial charge in [-0.3, -0.25) is 4.98 Å². The summed E-state index contributed by atoms with van der Waals surface area (Å²) in [6, 6.07) is 3.90. The Morgan fingerprint density at radius 3 is 2.82 bits per heavy atom. The molecule has 0 aromatic carbocycles. The Hall–Kier alpha value is -0.700. The number of rotatable bonds is 2. The summed E-state index contributed by atoms with van der Waals surface area (Å²) in [5.74, 6) is 0. The summed E-state index contributed by atoms with van der Waals surface area (Å²) in [4.78, 5) is 4.21. The lowest BCUT2D eigenvalue weighted by Gasteiger charge is -2.08. The lowest BCUT2D eigenvalue weighted by atomic mass is 10.2. The van der Waals surface area contributed by atoms with Crippen molar-refractivity contribution in [2.45, 2.75) is 12.2 Å². The molecule has 0 saturated carbocycles. The molecule has 11 heavy (non-hydrogen) atoms. The summed E-state index contributed by atoms with van der Waals surface area (Å²) in [6.45, 7) is 2.01. The largest absolute Gasteiger partial charge is 0.387 e. The maximum absolute atomic E-state index is 4.31. The third-order valence-corrected chi connectivity index (χ3v) is 1.75. The van der Waals surface area contributed by atoms with E-state index in [-0.39, 0.29) is 5.25 Å². The third-order valence-electron chi connectivity index (χ3n) is 1.50. The predicted molar refractivity (Wildman–Crippen MR) is 51.2 cm³/mol. The standard InChI is InChI=1S/C8H12N2S/c1-6(11)8-7(9-2)4-3-5-10-8/h3-6,9,11H,1-2H3. The Morgan fingerprint density at radius 1 is 1.64 bits per heavy atom. The zero-order chi connectivity index (χ0) is 8.27. The van der Waals surface area contributed by atoms with Gasteiger partial charge >= 0.3 is 0 Å². The van der Waals surface area contributed by atoms with Crippen LogP contribution in [0.4, 0.5) is 5.69 Å². The topological polar surface area (TPSA) is 24.9 Å². The third kappa shape index (κ3) is 1.87. The van der Waals surface area contributed by atoms with Crippen LogP contribution >= 0.6 is 12.6 Å². The summed E-state index contributed by atoms with van der Waals surface area (Å²) in [7, 11) is 1.89. The van der Waals surface area contributed by atoms with Crippen molar-refractivity contribution in [1.82, 2.24) is 4.98 Å². The molecule has 0 aliphatic rings. The Balaban J connectivity index is 3.02. The second-order valence-corrected chi connectivity index (χ2v) is 3.14. The van der Waals surface area contributed by atoms with E-state index in [1.54, 1.807) is 6.20 Å². The highest BCUT2D eigenvalue weighted by atomic mass is 32.1. The van der Waals surface area contributed by atoms with Crippen LogP contribution in [0.2, 0.25) is 0 Å². The molecule has 1 aromatic heterocycles. The highest BCUT2D eigenvalue weighted by Gasteiger charge is 2.05. The normalized spacial score (nSPS) is 12.6. The van der Waals surface area contributed by atoms with Crippen molar-refractivity contribution in [2.75, 3.05) is 12.4 Å². The molecule has 60 valence electrons. The summed E-state index contributed by atoms with van der Waals surface area (Å²) >= 11 is 4.31. The lowest BCUT2D eigenvalue weighted by Crippen LogP contribution is -1.97. The van der Waals surface area contributed by atoms with Crippen molar-refractivity contribution in [3.63, 3.8) is 0 Å². The van der Waals surface area contributed by atoms with Crippen LogP contribution in [0.3, 0.4) is 0 Å². The van der Waals surface area contributed by atoms with Crippen LogP contribution in [0.15, 0.2) is 18.3 Å². The van der Waals surface area contributed by atoms with Crippen molar-refractivity contribution in [3.8, 4) is 0 Å². The summed E-state index contributed by atoms with van der Waals surface area (Å²) in [6.07, 6.45) is 1.78. The summed E-state index contributed by atoms with van der Waals surface area (Å²) in [5, 5.41) is 3.24. The van der Waals surface area contributed by atoms with Gasteiger partial charge < -0.3 is 5.32 Å². The van der Waals surface area contributed by atoms with Crippen LogP contribution < -0.4 is 5.32 Å². The number of hydrogen-bond acceptors (Lipinski definition) is 3. The van der Waals surface area contributed by atoms with Gasteiger partial charge in [0, 0.05) is 18.5 Å². The molecule has 0 aliphatic heterocycles. The van der Waals surface area contributed by atoms with Gasteiger partial charge in [0.05, 0.1) is 11.4 Å². The van der Waals surface area contributed by atoms with E-state index >= 15 is 0 Å². The molecule has 0 aliphatic carbocycles. The molecular formula is C8H12N2S. The highest BCUT2D eigenvalue weighted by Crippen LogP contribution is 2.23. The molecule has 0 radical (unpaired) electrons. The van der Waals surface area contributed by atoms with Gasteiger partial charge in [-0.15, -0.1) is 0 Å². The van der Waals surface area contributed by atoms with E-state index in [4.69, 9.17) is 0 Å². The molecule has 0 fully saturated rings. The van der Waals surface area contributed by atoms with E-state index in [0.29, 0.717) is 0 Å². The van der Waals surface area contributed by atoms with Gasteiger partial charge in [-0.1, -0.05) is 0 Å². The molecule has 1 rings (SSSR count). The van der Waals surface area contributed by atoms with Crippen molar-refractivity contribution in [2.24, 2.45) is 0 Å². The van der Waals surface area contributed by atoms with Crippen LogP contribution in [0.5, 0.6) is 0 Å². The highest BCUT2D eigenvalue weighted by molar-refractivity contribution is 7.80. The minimum atomic E-state index is 0.179. The SMILES string of the molecule is CNc1cccnc1C(C)S. The van der Waals surface area contributed by atoms with Crippen LogP contribution in [-0.4, -0.2) is 12.0 Å². The van der Waals surface area contributed by atoms with Crippen LogP contribution in [-0.2, 0) is 0 Å². The number of anilines is 1. The first-order valence-corrected chi connectivity index (χ1v) is 4.08. The molecule has 0 amide bonds. The Bertz CT molecular complexity index is 235. The number of thiol groups is 1. The van der Waals surface area contributed by atoms with E-state index in [1.807, 2.05) is 26.1 Å². The molecule has 1 N–H and O–H groups in total. The minimum absolute atomic E-state index is 0.179. The molecule has 1 aromatic rings. The molecule has 0 bridgehead atoms. The maximum atomic E-state index is 4.31. The Kier molecular flexibility index (Phi) is 2.76. The summed E-state index contributed by atoms with van der Waals surface area (Å²) < 4.78 is 0. The number of pyridine rings is 1. The molecule has 0 spiro atoms. The number of nitrogens with zero attached hydrogens (tertiary/aromatic N) is 1. The smallest absolute Gasteiger partial charge is 0.0758 e. The Morgan fingerprint density at radius 2 is 2.36 bits per heavy atom. The molecule has 1 heterocycles. The average Bonchev–Trinajstić information content (AvgIpc) is 2.04. The molecule has 3 heteroatoms. The zero-order valence-corrected chi connectivity index (χ0v) is 7.60. The number of hydrogen-bond donors (Lipinski definition) is 2. The molecule has 1 unspecified atom stereocenters. The van der Waals surface area contributed by atoms with E-state index in [1.165, 1.54) is 0 Å². The average molecular weight is 168 g/mol. The lowest BCUT2D eigenvalue weighted by molar-refractivity contribution is 1.02. The van der Waals surface area contributed by atoms with Gasteiger partial charge in [0.25, 0.3) is 0 Å². The summed E-state index contributed by atoms with van der Waals surface area (Å²) in [5.41, 5.74) is 2.05. The monoisotopic (exact) mass is 168 g/mol. The van der Waals surface area contributed by atoms with E-state index in [2.05, 4.69) is 22.9 Å². The van der Waals surface area contributed by atoms with Crippen LogP contribution in [0, 0.1) is 0 Å². The van der Waals surface area contributed by atoms with Gasteiger partial charge in [0.15, 0.2) is 0 Å². The fraction of sp³-hybridized carbons (Fsp3) is 0.375. The van der Waals surface area contributed by atoms with E-state index in [0.717, 1.165) is 11.4 Å². The van der Waals surface area contributed by atoms with Gasteiger partial charge in [-0.2, -0.15) is 12.6 Å². The minimum Gasteiger partial charge on any atom is -0.387 e. The molecule has 1 atom stereocenters. The van der Waals surface area contributed by atoms with Gasteiger partial charge in [0.2, 0.25) is 0 Å². The second-order valence-electron chi connectivity index (χ2n) is 2.36. The van der Waals surface area contributed by atoms with E-state index < -0.39 is 0 Å². The van der Waals surface area contributed by atoms with Crippen LogP contribution in [0.25, 0.3) is 0 Å². The van der Waals surface area contributed by atoms with Crippen molar-refractivity contribution in [3.05, 3.63) is 24.0 Å². The fourth-order valence-electron chi connectivity index (χ4n) is 0.962. The van der Waals surface area contributed by atoms with Gasteiger partial charge in [-0.05, 0) is 19.1 Å². The van der Waals surface area contributed by atoms with E-state index in [9.17, 15) is 0 Å².